The van der Waals surface area contributed by atoms with Crippen molar-refractivity contribution in [1.29, 1.82) is 0 Å². The van der Waals surface area contributed by atoms with Crippen molar-refractivity contribution in [2.45, 2.75) is 31.7 Å². The fourth-order valence-electron chi connectivity index (χ4n) is 6.89. The van der Waals surface area contributed by atoms with E-state index in [-0.39, 0.29) is 5.92 Å². The summed E-state index contributed by atoms with van der Waals surface area (Å²) in [4.78, 5) is 10.5. The summed E-state index contributed by atoms with van der Waals surface area (Å²) in [6.45, 7) is 2.84. The zero-order valence-electron chi connectivity index (χ0n) is 25.5. The molecule has 0 amide bonds. The average Bonchev–Trinajstić information content (AvgIpc) is 3.04. The molecule has 6 aromatic rings. The maximum Gasteiger partial charge on any atom is 0.133 e. The number of halogens is 1. The van der Waals surface area contributed by atoms with E-state index in [4.69, 9.17) is 4.98 Å². The first-order valence-corrected chi connectivity index (χ1v) is 16.4. The lowest BCUT2D eigenvalue weighted by Crippen LogP contribution is -2.32. The van der Waals surface area contributed by atoms with E-state index in [2.05, 4.69) is 155 Å². The molecule has 0 saturated heterocycles. The van der Waals surface area contributed by atoms with Crippen LogP contribution in [0.25, 0.3) is 21.7 Å². The van der Waals surface area contributed by atoms with Gasteiger partial charge >= 0.3 is 0 Å². The van der Waals surface area contributed by atoms with E-state index in [9.17, 15) is 0 Å². The van der Waals surface area contributed by atoms with Crippen molar-refractivity contribution >= 4 is 43.4 Å². The van der Waals surface area contributed by atoms with Crippen LogP contribution in [0.15, 0.2) is 120 Å². The Morgan fingerprint density at radius 2 is 1.52 bits per heavy atom. The maximum atomic E-state index is 5.65. The summed E-state index contributed by atoms with van der Waals surface area (Å²) in [5.74, 6) is 1.31. The second-order valence-electron chi connectivity index (χ2n) is 12.4. The highest BCUT2D eigenvalue weighted by Crippen LogP contribution is 2.40. The van der Waals surface area contributed by atoms with Gasteiger partial charge in [-0.3, -0.25) is 0 Å². The van der Waals surface area contributed by atoms with Crippen LogP contribution in [0.3, 0.4) is 0 Å². The molecule has 1 unspecified atom stereocenters. The van der Waals surface area contributed by atoms with Crippen LogP contribution < -0.4 is 4.90 Å². The molecular formula is C40H38BrN3. The Morgan fingerprint density at radius 1 is 0.773 bits per heavy atom. The minimum absolute atomic E-state index is 0.200. The van der Waals surface area contributed by atoms with Gasteiger partial charge in [0, 0.05) is 35.3 Å². The van der Waals surface area contributed by atoms with Crippen molar-refractivity contribution in [3.05, 3.63) is 153 Å². The Morgan fingerprint density at radius 3 is 2.36 bits per heavy atom. The molecule has 220 valence electrons. The number of rotatable bonds is 8. The molecule has 0 saturated carbocycles. The van der Waals surface area contributed by atoms with Crippen LogP contribution in [-0.4, -0.2) is 37.1 Å². The molecule has 2 heterocycles. The summed E-state index contributed by atoms with van der Waals surface area (Å²) in [5, 5.41) is 3.79. The Bertz CT molecular complexity index is 1930. The Hall–Kier alpha value is -3.99. The van der Waals surface area contributed by atoms with Crippen molar-refractivity contribution in [2.75, 3.05) is 32.1 Å². The smallest absolute Gasteiger partial charge is 0.133 e. The molecule has 0 aliphatic carbocycles. The van der Waals surface area contributed by atoms with E-state index in [1.807, 2.05) is 0 Å². The summed E-state index contributed by atoms with van der Waals surface area (Å²) < 4.78 is 1.10. The second kappa shape index (κ2) is 12.6. The lowest BCUT2D eigenvalue weighted by molar-refractivity contribution is 0.391. The second-order valence-corrected chi connectivity index (χ2v) is 13.3. The minimum Gasteiger partial charge on any atom is -0.352 e. The number of pyridine rings is 1. The highest BCUT2D eigenvalue weighted by atomic mass is 79.9. The van der Waals surface area contributed by atoms with Gasteiger partial charge in [0.15, 0.2) is 0 Å². The molecule has 5 aromatic carbocycles. The monoisotopic (exact) mass is 639 g/mol. The van der Waals surface area contributed by atoms with Gasteiger partial charge in [-0.25, -0.2) is 4.98 Å². The van der Waals surface area contributed by atoms with Gasteiger partial charge in [0.2, 0.25) is 0 Å². The van der Waals surface area contributed by atoms with Crippen LogP contribution >= 0.6 is 15.9 Å². The fourth-order valence-corrected chi connectivity index (χ4v) is 7.39. The van der Waals surface area contributed by atoms with Crippen molar-refractivity contribution in [1.82, 2.24) is 9.88 Å². The van der Waals surface area contributed by atoms with E-state index < -0.39 is 0 Å². The Kier molecular flexibility index (Phi) is 8.20. The fraction of sp³-hybridized carbons (Fsp3) is 0.225. The van der Waals surface area contributed by atoms with Gasteiger partial charge in [-0.1, -0.05) is 113 Å². The third-order valence-electron chi connectivity index (χ3n) is 9.08. The first-order valence-electron chi connectivity index (χ1n) is 15.6. The number of benzene rings is 5. The normalized spacial score (nSPS) is 13.9. The molecule has 0 bridgehead atoms. The molecule has 44 heavy (non-hydrogen) atoms. The molecule has 3 nitrogen and oxygen atoms in total. The van der Waals surface area contributed by atoms with Gasteiger partial charge in [-0.15, -0.1) is 0 Å². The quantitative estimate of drug-likeness (QED) is 0.165. The number of fused-ring (bicyclic) bond motifs is 3. The average molecular weight is 641 g/mol. The van der Waals surface area contributed by atoms with Gasteiger partial charge in [0.25, 0.3) is 0 Å². The predicted molar refractivity (Wildman–Crippen MR) is 189 cm³/mol. The first-order chi connectivity index (χ1) is 21.5. The molecular weight excluding hydrogens is 602 g/mol. The van der Waals surface area contributed by atoms with E-state index in [0.717, 1.165) is 54.7 Å². The van der Waals surface area contributed by atoms with E-state index in [0.29, 0.717) is 0 Å². The molecule has 1 aliphatic heterocycles. The molecule has 1 atom stereocenters. The van der Waals surface area contributed by atoms with Crippen molar-refractivity contribution in [2.24, 2.45) is 0 Å². The Labute approximate surface area is 269 Å². The molecule has 0 fully saturated rings. The third kappa shape index (κ3) is 5.89. The summed E-state index contributed by atoms with van der Waals surface area (Å²) in [6.07, 6.45) is 2.90. The van der Waals surface area contributed by atoms with E-state index >= 15 is 0 Å². The number of aromatic nitrogens is 1. The third-order valence-corrected chi connectivity index (χ3v) is 9.53. The van der Waals surface area contributed by atoms with E-state index in [1.54, 1.807) is 0 Å². The highest BCUT2D eigenvalue weighted by molar-refractivity contribution is 9.10. The molecule has 1 aromatic heterocycles. The lowest BCUT2D eigenvalue weighted by atomic mass is 9.84. The van der Waals surface area contributed by atoms with Crippen LogP contribution in [0.1, 0.15) is 45.7 Å². The van der Waals surface area contributed by atoms with Crippen molar-refractivity contribution in [3.63, 3.8) is 0 Å². The number of hydrogen-bond donors (Lipinski definition) is 0. The van der Waals surface area contributed by atoms with Crippen molar-refractivity contribution in [3.8, 4) is 0 Å². The van der Waals surface area contributed by atoms with Gasteiger partial charge < -0.3 is 9.80 Å². The SMILES string of the molecule is CN(C)CCC(c1cccc2ccccc12)c1cc(Br)cc2cc(Cc3ccccc3)c(N3CCc4ccccc4C3)nc12. The summed E-state index contributed by atoms with van der Waals surface area (Å²) >= 11 is 3.91. The van der Waals surface area contributed by atoms with Gasteiger partial charge in [0.1, 0.15) is 5.82 Å². The summed E-state index contributed by atoms with van der Waals surface area (Å²) in [5.41, 5.74) is 9.21. The minimum atomic E-state index is 0.200. The molecule has 0 spiro atoms. The standard InChI is InChI=1S/C40H38BrN3/c1-43(2)21-20-37(36-18-10-16-30-14-8-9-17-35(30)36)38-26-34(41)25-32-24-33(23-28-11-4-3-5-12-28)40(42-39(32)38)44-22-19-29-13-6-7-15-31(29)27-44/h3-18,24-26,37H,19-23,27H2,1-2H3. The Balaban J connectivity index is 1.42. The van der Waals surface area contributed by atoms with E-state index in [1.165, 1.54) is 49.5 Å². The topological polar surface area (TPSA) is 19.4 Å². The highest BCUT2D eigenvalue weighted by Gasteiger charge is 2.25. The zero-order valence-corrected chi connectivity index (χ0v) is 27.1. The molecule has 1 aliphatic rings. The zero-order chi connectivity index (χ0) is 30.0. The number of hydrogen-bond acceptors (Lipinski definition) is 3. The van der Waals surface area contributed by atoms with Crippen LogP contribution in [0.4, 0.5) is 5.82 Å². The lowest BCUT2D eigenvalue weighted by Gasteiger charge is -2.32. The predicted octanol–water partition coefficient (Wildman–Crippen LogP) is 9.39. The van der Waals surface area contributed by atoms with Crippen LogP contribution in [-0.2, 0) is 19.4 Å². The van der Waals surface area contributed by atoms with Crippen molar-refractivity contribution < 1.29 is 0 Å². The van der Waals surface area contributed by atoms with Gasteiger partial charge in [0.05, 0.1) is 5.52 Å². The number of anilines is 1. The van der Waals surface area contributed by atoms with Crippen LogP contribution in [0.5, 0.6) is 0 Å². The van der Waals surface area contributed by atoms with Gasteiger partial charge in [-0.05, 0) is 95.8 Å². The van der Waals surface area contributed by atoms with Crippen LogP contribution in [0.2, 0.25) is 0 Å². The molecule has 0 radical (unpaired) electrons. The summed E-state index contributed by atoms with van der Waals surface area (Å²) in [7, 11) is 4.33. The molecule has 0 N–H and O–H groups in total. The maximum absolute atomic E-state index is 5.65. The first kappa shape index (κ1) is 28.8. The van der Waals surface area contributed by atoms with Crippen LogP contribution in [0, 0.1) is 0 Å². The molecule has 7 rings (SSSR count). The number of nitrogens with zero attached hydrogens (tertiary/aromatic N) is 3. The largest absolute Gasteiger partial charge is 0.352 e. The summed E-state index contributed by atoms with van der Waals surface area (Å²) in [6, 6.07) is 42.2. The van der Waals surface area contributed by atoms with Gasteiger partial charge in [-0.2, -0.15) is 0 Å². The molecule has 4 heteroatoms.